The van der Waals surface area contributed by atoms with Gasteiger partial charge in [0.15, 0.2) is 0 Å². The smallest absolute Gasteiger partial charge is 0.251 e. The van der Waals surface area contributed by atoms with Crippen LogP contribution in [-0.4, -0.2) is 61.1 Å². The van der Waals surface area contributed by atoms with E-state index in [1.165, 1.54) is 0 Å². The minimum absolute atomic E-state index is 0.0467. The van der Waals surface area contributed by atoms with Gasteiger partial charge >= 0.3 is 0 Å². The van der Waals surface area contributed by atoms with E-state index in [0.29, 0.717) is 18.7 Å². The van der Waals surface area contributed by atoms with E-state index in [1.807, 2.05) is 18.2 Å². The molecule has 138 valence electrons. The molecule has 0 radical (unpaired) electrons. The molecule has 0 aliphatic carbocycles. The SMILES string of the molecule is CC1CN(C(C)CNC(=O)CCNC(=O)c2ccccc2)CC(C)O1. The Kier molecular flexibility index (Phi) is 7.40. The van der Waals surface area contributed by atoms with Gasteiger partial charge in [0.1, 0.15) is 0 Å². The largest absolute Gasteiger partial charge is 0.373 e. The van der Waals surface area contributed by atoms with Crippen LogP contribution in [0.5, 0.6) is 0 Å². The van der Waals surface area contributed by atoms with Gasteiger partial charge in [0.05, 0.1) is 12.2 Å². The predicted octanol–water partition coefficient (Wildman–Crippen LogP) is 1.42. The van der Waals surface area contributed by atoms with Crippen LogP contribution in [0.15, 0.2) is 30.3 Å². The summed E-state index contributed by atoms with van der Waals surface area (Å²) in [5, 5.41) is 5.72. The fourth-order valence-corrected chi connectivity index (χ4v) is 3.04. The number of morpholine rings is 1. The van der Waals surface area contributed by atoms with Crippen molar-refractivity contribution in [3.05, 3.63) is 35.9 Å². The molecule has 0 bridgehead atoms. The fraction of sp³-hybridized carbons (Fsp3) is 0.579. The van der Waals surface area contributed by atoms with Crippen LogP contribution in [0.25, 0.3) is 0 Å². The number of hydrogen-bond donors (Lipinski definition) is 2. The average Bonchev–Trinajstić information content (AvgIpc) is 2.59. The molecule has 0 aromatic heterocycles. The highest BCUT2D eigenvalue weighted by Gasteiger charge is 2.25. The molecule has 1 aliphatic heterocycles. The monoisotopic (exact) mass is 347 g/mol. The molecule has 1 aliphatic rings. The summed E-state index contributed by atoms with van der Waals surface area (Å²) in [5.41, 5.74) is 0.604. The van der Waals surface area contributed by atoms with Gasteiger partial charge in [-0.1, -0.05) is 18.2 Å². The number of rotatable bonds is 7. The zero-order valence-electron chi connectivity index (χ0n) is 15.3. The molecule has 1 fully saturated rings. The maximum Gasteiger partial charge on any atom is 0.251 e. The Labute approximate surface area is 149 Å². The maximum absolute atomic E-state index is 12.0. The third-order valence-electron chi connectivity index (χ3n) is 4.34. The van der Waals surface area contributed by atoms with E-state index in [-0.39, 0.29) is 36.5 Å². The van der Waals surface area contributed by atoms with Crippen LogP contribution in [0, 0.1) is 0 Å². The third kappa shape index (κ3) is 6.48. The molecule has 2 rings (SSSR count). The minimum Gasteiger partial charge on any atom is -0.373 e. The number of nitrogens with zero attached hydrogens (tertiary/aromatic N) is 1. The van der Waals surface area contributed by atoms with Crippen molar-refractivity contribution in [3.8, 4) is 0 Å². The van der Waals surface area contributed by atoms with Crippen LogP contribution < -0.4 is 10.6 Å². The van der Waals surface area contributed by atoms with Gasteiger partial charge < -0.3 is 15.4 Å². The second-order valence-electron chi connectivity index (χ2n) is 6.74. The standard InChI is InChI=1S/C19H29N3O3/c1-14(22-12-15(2)25-16(3)13-22)11-21-18(23)9-10-20-19(24)17-7-5-4-6-8-17/h4-8,14-16H,9-13H2,1-3H3,(H,20,24)(H,21,23). The molecule has 3 atom stereocenters. The van der Waals surface area contributed by atoms with E-state index in [9.17, 15) is 9.59 Å². The molecule has 1 heterocycles. The van der Waals surface area contributed by atoms with Crippen LogP contribution in [-0.2, 0) is 9.53 Å². The van der Waals surface area contributed by atoms with Gasteiger partial charge in [-0.2, -0.15) is 0 Å². The molecule has 1 saturated heterocycles. The average molecular weight is 347 g/mol. The topological polar surface area (TPSA) is 70.7 Å². The molecule has 25 heavy (non-hydrogen) atoms. The minimum atomic E-state index is -0.155. The molecule has 3 unspecified atom stereocenters. The van der Waals surface area contributed by atoms with E-state index < -0.39 is 0 Å². The highest BCUT2D eigenvalue weighted by atomic mass is 16.5. The summed E-state index contributed by atoms with van der Waals surface area (Å²) in [6, 6.07) is 9.26. The number of nitrogens with one attached hydrogen (secondary N) is 2. The molecule has 1 aromatic carbocycles. The lowest BCUT2D eigenvalue weighted by Gasteiger charge is -2.39. The Hall–Kier alpha value is -1.92. The molecule has 6 nitrogen and oxygen atoms in total. The van der Waals surface area contributed by atoms with E-state index in [4.69, 9.17) is 4.74 Å². The molecule has 2 amide bonds. The summed E-state index contributed by atoms with van der Waals surface area (Å²) in [7, 11) is 0. The van der Waals surface area contributed by atoms with Crippen molar-refractivity contribution in [3.63, 3.8) is 0 Å². The predicted molar refractivity (Wildman–Crippen MR) is 97.4 cm³/mol. The molecule has 6 heteroatoms. The number of ether oxygens (including phenoxy) is 1. The quantitative estimate of drug-likeness (QED) is 0.783. The fourth-order valence-electron chi connectivity index (χ4n) is 3.04. The summed E-state index contributed by atoms with van der Waals surface area (Å²) in [4.78, 5) is 26.2. The number of benzene rings is 1. The van der Waals surface area contributed by atoms with Gasteiger partial charge in [-0.05, 0) is 32.9 Å². The zero-order valence-corrected chi connectivity index (χ0v) is 15.3. The van der Waals surface area contributed by atoms with Gasteiger partial charge in [-0.15, -0.1) is 0 Å². The van der Waals surface area contributed by atoms with Gasteiger partial charge in [-0.3, -0.25) is 14.5 Å². The van der Waals surface area contributed by atoms with Crippen molar-refractivity contribution < 1.29 is 14.3 Å². The Morgan fingerprint density at radius 2 is 1.80 bits per heavy atom. The van der Waals surface area contributed by atoms with E-state index in [0.717, 1.165) is 13.1 Å². The van der Waals surface area contributed by atoms with Crippen molar-refractivity contribution in [1.82, 2.24) is 15.5 Å². The van der Waals surface area contributed by atoms with Crippen molar-refractivity contribution >= 4 is 11.8 Å². The molecule has 1 aromatic rings. The Morgan fingerprint density at radius 3 is 2.44 bits per heavy atom. The van der Waals surface area contributed by atoms with E-state index in [2.05, 4.69) is 36.3 Å². The summed E-state index contributed by atoms with van der Waals surface area (Å²) >= 11 is 0. The van der Waals surface area contributed by atoms with Gasteiger partial charge in [-0.25, -0.2) is 0 Å². The maximum atomic E-state index is 12.0. The van der Waals surface area contributed by atoms with E-state index in [1.54, 1.807) is 12.1 Å². The zero-order chi connectivity index (χ0) is 18.2. The first kappa shape index (κ1) is 19.4. The lowest BCUT2D eigenvalue weighted by atomic mass is 10.1. The normalized spacial score (nSPS) is 22.2. The third-order valence-corrected chi connectivity index (χ3v) is 4.34. The van der Waals surface area contributed by atoms with Crippen LogP contribution in [0.4, 0.5) is 0 Å². The molecule has 0 saturated carbocycles. The van der Waals surface area contributed by atoms with Crippen LogP contribution in [0.2, 0.25) is 0 Å². The molecule has 0 spiro atoms. The van der Waals surface area contributed by atoms with Gasteiger partial charge in [0, 0.05) is 44.2 Å². The highest BCUT2D eigenvalue weighted by molar-refractivity contribution is 5.94. The summed E-state index contributed by atoms with van der Waals surface area (Å²) in [6.07, 6.45) is 0.714. The van der Waals surface area contributed by atoms with Crippen LogP contribution in [0.1, 0.15) is 37.6 Å². The number of carbonyl (C=O) groups excluding carboxylic acids is 2. The summed E-state index contributed by atoms with van der Waals surface area (Å²) in [6.45, 7) is 8.96. The van der Waals surface area contributed by atoms with Crippen molar-refractivity contribution in [2.24, 2.45) is 0 Å². The number of carbonyl (C=O) groups is 2. The Morgan fingerprint density at radius 1 is 1.16 bits per heavy atom. The van der Waals surface area contributed by atoms with Crippen molar-refractivity contribution in [2.45, 2.75) is 45.4 Å². The second kappa shape index (κ2) is 9.53. The first-order chi connectivity index (χ1) is 12.0. The summed E-state index contributed by atoms with van der Waals surface area (Å²) in [5.74, 6) is -0.201. The first-order valence-electron chi connectivity index (χ1n) is 8.95. The molecular weight excluding hydrogens is 318 g/mol. The van der Waals surface area contributed by atoms with Crippen molar-refractivity contribution in [1.29, 1.82) is 0 Å². The first-order valence-corrected chi connectivity index (χ1v) is 8.95. The van der Waals surface area contributed by atoms with E-state index >= 15 is 0 Å². The van der Waals surface area contributed by atoms with Crippen molar-refractivity contribution in [2.75, 3.05) is 26.2 Å². The van der Waals surface area contributed by atoms with Crippen LogP contribution >= 0.6 is 0 Å². The van der Waals surface area contributed by atoms with Gasteiger partial charge in [0.25, 0.3) is 5.91 Å². The Bertz CT molecular complexity index is 554. The number of hydrogen-bond acceptors (Lipinski definition) is 4. The highest BCUT2D eigenvalue weighted by Crippen LogP contribution is 2.13. The molecular formula is C19H29N3O3. The Balaban J connectivity index is 1.64. The number of amides is 2. The second-order valence-corrected chi connectivity index (χ2v) is 6.74. The lowest BCUT2D eigenvalue weighted by Crippen LogP contribution is -2.52. The van der Waals surface area contributed by atoms with Gasteiger partial charge in [0.2, 0.25) is 5.91 Å². The molecule has 2 N–H and O–H groups in total. The lowest BCUT2D eigenvalue weighted by molar-refractivity contribution is -0.121. The van der Waals surface area contributed by atoms with Crippen LogP contribution in [0.3, 0.4) is 0 Å². The summed E-state index contributed by atoms with van der Waals surface area (Å²) < 4.78 is 5.73.